The van der Waals surface area contributed by atoms with Crippen molar-refractivity contribution in [1.82, 2.24) is 0 Å². The van der Waals surface area contributed by atoms with Crippen molar-refractivity contribution in [2.75, 3.05) is 16.2 Å². The monoisotopic (exact) mass is 857 g/mol. The number of carbonyl (C=O) groups is 2. The van der Waals surface area contributed by atoms with E-state index in [0.717, 1.165) is 30.0 Å². The van der Waals surface area contributed by atoms with Gasteiger partial charge in [0.1, 0.15) is 31.9 Å². The molecule has 5 aromatic rings. The molecular weight excluding hydrogens is 831 g/mol. The van der Waals surface area contributed by atoms with Gasteiger partial charge in [0.2, 0.25) is 11.6 Å². The van der Waals surface area contributed by atoms with Gasteiger partial charge < -0.3 is 15.5 Å². The fourth-order valence-corrected chi connectivity index (χ4v) is 8.21. The number of nitrogens with zero attached hydrogens (tertiary/aromatic N) is 2. The molecule has 21 heteroatoms. The zero-order valence-electron chi connectivity index (χ0n) is 29.6. The fourth-order valence-electron chi connectivity index (χ4n) is 6.13. The molecule has 0 atom stereocenters. The topological polar surface area (TPSA) is 299 Å². The highest BCUT2D eigenvalue weighted by Crippen LogP contribution is 2.36. The summed E-state index contributed by atoms with van der Waals surface area (Å²) in [5.41, 5.74) is 4.25. The number of Topliss-reactive ketones (excluding diaryl/α,β-unsaturated/α-hetero) is 2. The normalized spacial score (nSPS) is 15.6. The predicted molar refractivity (Wildman–Crippen MR) is 217 cm³/mol. The number of para-hydroxylation sites is 1. The molecule has 8 N–H and O–H groups in total. The maximum absolute atomic E-state index is 13.5. The third kappa shape index (κ3) is 8.22. The number of anilines is 4. The minimum Gasteiger partial charge on any atom is -0.506 e. The van der Waals surface area contributed by atoms with Gasteiger partial charge in [0.25, 0.3) is 30.4 Å². The van der Waals surface area contributed by atoms with Crippen molar-refractivity contribution < 1.29 is 58.7 Å². The number of allylic oxidation sites excluding steroid dienone is 2. The number of ketones is 2. The molecule has 0 spiro atoms. The van der Waals surface area contributed by atoms with E-state index in [0.29, 0.717) is 22.9 Å². The van der Waals surface area contributed by atoms with Crippen molar-refractivity contribution in [3.8, 4) is 22.6 Å². The molecule has 0 aromatic heterocycles. The highest BCUT2D eigenvalue weighted by Gasteiger charge is 2.36. The second-order valence-electron chi connectivity index (χ2n) is 12.7. The van der Waals surface area contributed by atoms with Crippen molar-refractivity contribution >= 4 is 87.1 Å². The third-order valence-corrected chi connectivity index (χ3v) is 11.5. The Bertz CT molecular complexity index is 3110. The fraction of sp³-hybridized carbons (Fsp3) is 0. The summed E-state index contributed by atoms with van der Waals surface area (Å²) in [5, 5.41) is 32.5. The van der Waals surface area contributed by atoms with Gasteiger partial charge in [0.05, 0.1) is 16.9 Å². The van der Waals surface area contributed by atoms with E-state index in [4.69, 9.17) is 0 Å². The number of phenols is 2. The van der Waals surface area contributed by atoms with Gasteiger partial charge in [-0.15, -0.1) is 0 Å². The van der Waals surface area contributed by atoms with E-state index in [1.807, 2.05) is 30.3 Å². The first kappa shape index (κ1) is 40.2. The van der Waals surface area contributed by atoms with E-state index in [9.17, 15) is 58.7 Å². The van der Waals surface area contributed by atoms with Crippen LogP contribution in [-0.4, -0.2) is 72.1 Å². The Kier molecular flexibility index (Phi) is 10.3. The quantitative estimate of drug-likeness (QED) is 0.0486. The highest BCUT2D eigenvalue weighted by molar-refractivity contribution is 7.95. The van der Waals surface area contributed by atoms with Gasteiger partial charge in [-0.05, 0) is 89.5 Å². The van der Waals surface area contributed by atoms with Crippen LogP contribution in [0, 0.1) is 0 Å². The van der Waals surface area contributed by atoms with E-state index in [1.54, 1.807) is 6.07 Å². The van der Waals surface area contributed by atoms with E-state index in [1.165, 1.54) is 48.5 Å². The lowest BCUT2D eigenvalue weighted by molar-refractivity contribution is 0.105. The van der Waals surface area contributed by atoms with Crippen LogP contribution in [-0.2, 0) is 30.4 Å². The number of hydrogen-bond acceptors (Lipinski definition) is 15. The van der Waals surface area contributed by atoms with Crippen LogP contribution in [0.2, 0.25) is 0 Å². The SMILES string of the molecule is O=C1C(=NNc2ccc(-c3ccc(NN=C4C=C(S(=O)(=O)O)c5cccc(S(=O)(=O)O)c5C4=O)c(O)c3)cc2O)C(S(=O)(=O)O)=Cc2cc(Nc3ccccc3)ccc21. The average Bonchev–Trinajstić information content (AvgIpc) is 3.17. The van der Waals surface area contributed by atoms with Gasteiger partial charge in [-0.25, -0.2) is 0 Å². The van der Waals surface area contributed by atoms with Crippen LogP contribution in [0.25, 0.3) is 22.1 Å². The van der Waals surface area contributed by atoms with Crippen molar-refractivity contribution in [3.63, 3.8) is 0 Å². The Hall–Kier alpha value is -7.01. The molecule has 7 rings (SSSR count). The molecule has 0 aliphatic heterocycles. The van der Waals surface area contributed by atoms with Crippen molar-refractivity contribution in [1.29, 1.82) is 0 Å². The first-order valence-electron chi connectivity index (χ1n) is 16.7. The average molecular weight is 858 g/mol. The molecule has 0 amide bonds. The molecule has 0 bridgehead atoms. The Morgan fingerprint density at radius 2 is 1.14 bits per heavy atom. The lowest BCUT2D eigenvalue weighted by Gasteiger charge is -2.18. The molecule has 0 unspecified atom stereocenters. The Balaban J connectivity index is 1.11. The molecule has 59 heavy (non-hydrogen) atoms. The second-order valence-corrected chi connectivity index (χ2v) is 16.9. The van der Waals surface area contributed by atoms with Crippen LogP contribution in [0.5, 0.6) is 11.5 Å². The number of rotatable bonds is 10. The number of carbonyl (C=O) groups excluding carboxylic acids is 2. The van der Waals surface area contributed by atoms with Gasteiger partial charge in [-0.3, -0.25) is 34.1 Å². The Labute approximate surface area is 334 Å². The van der Waals surface area contributed by atoms with E-state index in [-0.39, 0.29) is 22.5 Å². The van der Waals surface area contributed by atoms with Crippen molar-refractivity contribution in [3.05, 3.63) is 136 Å². The molecule has 0 saturated heterocycles. The molecule has 0 heterocycles. The molecule has 0 radical (unpaired) electrons. The minimum absolute atomic E-state index is 0.0801. The molecule has 2 aliphatic carbocycles. The van der Waals surface area contributed by atoms with Crippen molar-refractivity contribution in [2.24, 2.45) is 10.2 Å². The minimum atomic E-state index is -5.04. The first-order valence-corrected chi connectivity index (χ1v) is 21.0. The smallest absolute Gasteiger partial charge is 0.296 e. The van der Waals surface area contributed by atoms with Crippen molar-refractivity contribution in [2.45, 2.75) is 4.90 Å². The molecule has 2 aliphatic rings. The number of hydrogen-bond donors (Lipinski definition) is 8. The van der Waals surface area contributed by atoms with E-state index >= 15 is 0 Å². The standard InChI is InChI=1S/C38H27N5O13S3/c44-30-16-20(9-13-27(30)40-42-29-19-33(58(51,52)53)26-7-4-8-32(57(48,49)50)35(26)38(29)47)21-10-14-28(31(45)17-21)41-43-36-34(59(54,55)56)18-22-15-24(11-12-25(22)37(36)46)39-23-5-2-1-3-6-23/h1-19,39-41,44-45H,(H,48,49,50)(H,51,52,53)(H,54,55,56). The maximum Gasteiger partial charge on any atom is 0.296 e. The third-order valence-electron chi connectivity index (χ3n) is 8.86. The number of phenolic OH excluding ortho intramolecular Hbond substituents is 2. The zero-order valence-corrected chi connectivity index (χ0v) is 32.0. The van der Waals surface area contributed by atoms with Crippen LogP contribution in [0.4, 0.5) is 22.7 Å². The molecular formula is C38H27N5O13S3. The summed E-state index contributed by atoms with van der Waals surface area (Å²) in [6.45, 7) is 0. The second kappa shape index (κ2) is 15.1. The summed E-state index contributed by atoms with van der Waals surface area (Å²) < 4.78 is 102. The summed E-state index contributed by atoms with van der Waals surface area (Å²) in [4.78, 5) is 24.1. The molecule has 18 nitrogen and oxygen atoms in total. The molecule has 0 saturated carbocycles. The summed E-state index contributed by atoms with van der Waals surface area (Å²) in [5.74, 6) is -2.86. The number of aromatic hydroxyl groups is 2. The van der Waals surface area contributed by atoms with Crippen LogP contribution in [0.1, 0.15) is 31.8 Å². The predicted octanol–water partition coefficient (Wildman–Crippen LogP) is 5.54. The van der Waals surface area contributed by atoms with Gasteiger partial charge in [0, 0.05) is 22.5 Å². The summed E-state index contributed by atoms with van der Waals surface area (Å²) in [6, 6.07) is 24.7. The van der Waals surface area contributed by atoms with Gasteiger partial charge in [-0.2, -0.15) is 35.5 Å². The lowest BCUT2D eigenvalue weighted by atomic mass is 9.94. The number of hydrazone groups is 2. The molecule has 5 aromatic carbocycles. The van der Waals surface area contributed by atoms with Crippen LogP contribution < -0.4 is 16.2 Å². The zero-order chi connectivity index (χ0) is 42.4. The number of nitrogens with one attached hydrogen (secondary N) is 3. The number of fused-ring (bicyclic) bond motifs is 2. The van der Waals surface area contributed by atoms with Crippen LogP contribution >= 0.6 is 0 Å². The maximum atomic E-state index is 13.5. The lowest BCUT2D eigenvalue weighted by Crippen LogP contribution is -2.27. The summed E-state index contributed by atoms with van der Waals surface area (Å²) in [6.07, 6.45) is 1.78. The van der Waals surface area contributed by atoms with Gasteiger partial charge >= 0.3 is 0 Å². The summed E-state index contributed by atoms with van der Waals surface area (Å²) >= 11 is 0. The largest absolute Gasteiger partial charge is 0.506 e. The highest BCUT2D eigenvalue weighted by atomic mass is 32.2. The van der Waals surface area contributed by atoms with Gasteiger partial charge in [-0.1, -0.05) is 42.5 Å². The molecule has 0 fully saturated rings. The number of benzene rings is 5. The van der Waals surface area contributed by atoms with Crippen LogP contribution in [0.3, 0.4) is 0 Å². The Morgan fingerprint density at radius 3 is 1.71 bits per heavy atom. The first-order chi connectivity index (χ1) is 27.8. The van der Waals surface area contributed by atoms with Gasteiger partial charge in [0.15, 0.2) is 5.71 Å². The summed E-state index contributed by atoms with van der Waals surface area (Å²) in [7, 11) is -15.0. The van der Waals surface area contributed by atoms with Crippen LogP contribution in [0.15, 0.2) is 129 Å². The molecule has 300 valence electrons. The van der Waals surface area contributed by atoms with E-state index in [2.05, 4.69) is 26.4 Å². The Morgan fingerprint density at radius 1 is 0.525 bits per heavy atom. The van der Waals surface area contributed by atoms with E-state index < -0.39 is 90.7 Å².